The van der Waals surface area contributed by atoms with Gasteiger partial charge in [0.05, 0.1) is 0 Å². The van der Waals surface area contributed by atoms with E-state index in [-0.39, 0.29) is 0 Å². The molecule has 0 aliphatic heterocycles. The summed E-state index contributed by atoms with van der Waals surface area (Å²) in [5.41, 5.74) is 0. The normalized spacial score (nSPS) is 10.7. The maximum atomic E-state index is 3.97. The second-order valence-electron chi connectivity index (χ2n) is 4.63. The van der Waals surface area contributed by atoms with Gasteiger partial charge in [-0.2, -0.15) is 5.10 Å². The van der Waals surface area contributed by atoms with Crippen LogP contribution >= 0.6 is 0 Å². The Morgan fingerprint density at radius 1 is 1.19 bits per heavy atom. The molecule has 1 heterocycles. The van der Waals surface area contributed by atoms with E-state index in [9.17, 15) is 0 Å². The first-order valence-electron chi connectivity index (χ1n) is 6.30. The van der Waals surface area contributed by atoms with E-state index in [0.717, 1.165) is 18.3 Å². The first-order chi connectivity index (χ1) is 7.79. The summed E-state index contributed by atoms with van der Waals surface area (Å²) in [5, 5.41) is 11.1. The van der Waals surface area contributed by atoms with Crippen LogP contribution in [0.3, 0.4) is 0 Å². The molecule has 1 aromatic rings. The van der Waals surface area contributed by atoms with Crippen LogP contribution in [0.1, 0.15) is 46.0 Å². The zero-order valence-corrected chi connectivity index (χ0v) is 10.4. The molecule has 0 bridgehead atoms. The van der Waals surface area contributed by atoms with E-state index in [4.69, 9.17) is 0 Å². The lowest BCUT2D eigenvalue weighted by atomic mass is 10.0. The lowest BCUT2D eigenvalue weighted by molar-refractivity contribution is 0.523. The van der Waals surface area contributed by atoms with Crippen LogP contribution in [0.5, 0.6) is 0 Å². The summed E-state index contributed by atoms with van der Waals surface area (Å²) in [5.74, 6) is 1.72. The first kappa shape index (κ1) is 12.9. The van der Waals surface area contributed by atoms with Gasteiger partial charge in [0.15, 0.2) is 0 Å². The number of nitrogens with one attached hydrogen (secondary N) is 1. The Labute approximate surface area is 98.7 Å². The van der Waals surface area contributed by atoms with E-state index in [1.807, 2.05) is 12.1 Å². The molecule has 1 aromatic heterocycles. The van der Waals surface area contributed by atoms with Crippen molar-refractivity contribution >= 4 is 5.82 Å². The summed E-state index contributed by atoms with van der Waals surface area (Å²) < 4.78 is 0. The molecule has 1 N–H and O–H groups in total. The van der Waals surface area contributed by atoms with Gasteiger partial charge in [-0.25, -0.2) is 0 Å². The minimum Gasteiger partial charge on any atom is -0.369 e. The number of aromatic nitrogens is 2. The quantitative estimate of drug-likeness (QED) is 0.683. The summed E-state index contributed by atoms with van der Waals surface area (Å²) in [6.07, 6.45) is 8.28. The third-order valence-corrected chi connectivity index (χ3v) is 2.59. The highest BCUT2D eigenvalue weighted by atomic mass is 15.2. The predicted octanol–water partition coefficient (Wildman–Crippen LogP) is 3.50. The van der Waals surface area contributed by atoms with Crippen molar-refractivity contribution in [3.8, 4) is 0 Å². The second-order valence-corrected chi connectivity index (χ2v) is 4.63. The smallest absolute Gasteiger partial charge is 0.148 e. The van der Waals surface area contributed by atoms with Crippen molar-refractivity contribution in [2.75, 3.05) is 11.9 Å². The number of anilines is 1. The molecule has 0 aromatic carbocycles. The summed E-state index contributed by atoms with van der Waals surface area (Å²) in [6.45, 7) is 5.58. The fraction of sp³-hybridized carbons (Fsp3) is 0.692. The Hall–Kier alpha value is -1.12. The molecular weight excluding hydrogens is 198 g/mol. The lowest BCUT2D eigenvalue weighted by Gasteiger charge is -2.05. The molecule has 0 saturated carbocycles. The van der Waals surface area contributed by atoms with Gasteiger partial charge in [0.2, 0.25) is 0 Å². The van der Waals surface area contributed by atoms with Gasteiger partial charge in [-0.05, 0) is 24.5 Å². The summed E-state index contributed by atoms with van der Waals surface area (Å²) >= 11 is 0. The van der Waals surface area contributed by atoms with Crippen LogP contribution in [0.2, 0.25) is 0 Å². The van der Waals surface area contributed by atoms with Gasteiger partial charge in [-0.1, -0.05) is 39.5 Å². The molecule has 3 heteroatoms. The van der Waals surface area contributed by atoms with Gasteiger partial charge < -0.3 is 5.32 Å². The van der Waals surface area contributed by atoms with Crippen LogP contribution in [0.4, 0.5) is 5.82 Å². The Morgan fingerprint density at radius 2 is 2.00 bits per heavy atom. The van der Waals surface area contributed by atoms with Crippen LogP contribution in [-0.4, -0.2) is 16.7 Å². The van der Waals surface area contributed by atoms with Crippen molar-refractivity contribution in [3.05, 3.63) is 18.3 Å². The van der Waals surface area contributed by atoms with Crippen molar-refractivity contribution in [1.82, 2.24) is 10.2 Å². The third-order valence-electron chi connectivity index (χ3n) is 2.59. The highest BCUT2D eigenvalue weighted by molar-refractivity contribution is 5.30. The van der Waals surface area contributed by atoms with Crippen LogP contribution < -0.4 is 5.32 Å². The number of rotatable bonds is 8. The molecule has 0 radical (unpaired) electrons. The predicted molar refractivity (Wildman–Crippen MR) is 68.4 cm³/mol. The highest BCUT2D eigenvalue weighted by Gasteiger charge is 1.95. The number of unbranched alkanes of at least 4 members (excludes halogenated alkanes) is 3. The Balaban J connectivity index is 1.93. The van der Waals surface area contributed by atoms with E-state index in [1.165, 1.54) is 32.1 Å². The van der Waals surface area contributed by atoms with E-state index < -0.39 is 0 Å². The van der Waals surface area contributed by atoms with E-state index in [2.05, 4.69) is 29.4 Å². The van der Waals surface area contributed by atoms with Crippen LogP contribution in [0.25, 0.3) is 0 Å². The summed E-state index contributed by atoms with van der Waals surface area (Å²) in [7, 11) is 0. The van der Waals surface area contributed by atoms with Crippen molar-refractivity contribution in [2.45, 2.75) is 46.0 Å². The van der Waals surface area contributed by atoms with Crippen LogP contribution in [-0.2, 0) is 0 Å². The topological polar surface area (TPSA) is 37.8 Å². The largest absolute Gasteiger partial charge is 0.369 e. The molecule has 0 atom stereocenters. The molecule has 0 fully saturated rings. The zero-order chi connectivity index (χ0) is 11.6. The van der Waals surface area contributed by atoms with Crippen molar-refractivity contribution in [2.24, 2.45) is 5.92 Å². The lowest BCUT2D eigenvalue weighted by Crippen LogP contribution is -2.03. The van der Waals surface area contributed by atoms with Crippen molar-refractivity contribution < 1.29 is 0 Å². The molecular formula is C13H23N3. The van der Waals surface area contributed by atoms with Gasteiger partial charge in [-0.15, -0.1) is 5.10 Å². The maximum absolute atomic E-state index is 3.97. The zero-order valence-electron chi connectivity index (χ0n) is 10.4. The average molecular weight is 221 g/mol. The molecule has 1 rings (SSSR count). The van der Waals surface area contributed by atoms with E-state index in [0.29, 0.717) is 0 Å². The standard InChI is InChI=1S/C13H23N3/c1-12(2)8-5-3-4-6-10-14-13-9-7-11-15-16-13/h7,9,11-12H,3-6,8,10H2,1-2H3,(H,14,16). The van der Waals surface area contributed by atoms with Gasteiger partial charge in [0, 0.05) is 12.7 Å². The molecule has 90 valence electrons. The van der Waals surface area contributed by atoms with Crippen LogP contribution in [0.15, 0.2) is 18.3 Å². The molecule has 16 heavy (non-hydrogen) atoms. The minimum atomic E-state index is 0.845. The van der Waals surface area contributed by atoms with Crippen molar-refractivity contribution in [3.63, 3.8) is 0 Å². The highest BCUT2D eigenvalue weighted by Crippen LogP contribution is 2.09. The molecule has 0 saturated heterocycles. The molecule has 0 aliphatic rings. The summed E-state index contributed by atoms with van der Waals surface area (Å²) in [6, 6.07) is 3.85. The monoisotopic (exact) mass is 221 g/mol. The van der Waals surface area contributed by atoms with Crippen LogP contribution in [0, 0.1) is 5.92 Å². The number of hydrogen-bond donors (Lipinski definition) is 1. The fourth-order valence-corrected chi connectivity index (χ4v) is 1.64. The number of hydrogen-bond acceptors (Lipinski definition) is 3. The Bertz CT molecular complexity index is 259. The summed E-state index contributed by atoms with van der Waals surface area (Å²) in [4.78, 5) is 0. The molecule has 0 amide bonds. The average Bonchev–Trinajstić information content (AvgIpc) is 2.29. The molecule has 3 nitrogen and oxygen atoms in total. The van der Waals surface area contributed by atoms with Crippen molar-refractivity contribution in [1.29, 1.82) is 0 Å². The molecule has 0 aliphatic carbocycles. The first-order valence-corrected chi connectivity index (χ1v) is 6.30. The maximum Gasteiger partial charge on any atom is 0.148 e. The molecule has 0 unspecified atom stereocenters. The van der Waals surface area contributed by atoms with Gasteiger partial charge in [0.1, 0.15) is 5.82 Å². The third kappa shape index (κ3) is 6.38. The van der Waals surface area contributed by atoms with Gasteiger partial charge in [0.25, 0.3) is 0 Å². The Kier molecular flexibility index (Phi) is 6.54. The van der Waals surface area contributed by atoms with E-state index in [1.54, 1.807) is 6.20 Å². The minimum absolute atomic E-state index is 0.845. The SMILES string of the molecule is CC(C)CCCCCCNc1cccnn1. The molecule has 0 spiro atoms. The van der Waals surface area contributed by atoms with Gasteiger partial charge >= 0.3 is 0 Å². The van der Waals surface area contributed by atoms with Gasteiger partial charge in [-0.3, -0.25) is 0 Å². The fourth-order valence-electron chi connectivity index (χ4n) is 1.64. The van der Waals surface area contributed by atoms with E-state index >= 15 is 0 Å². The second kappa shape index (κ2) is 8.08. The number of nitrogens with zero attached hydrogens (tertiary/aromatic N) is 2. The Morgan fingerprint density at radius 3 is 2.69 bits per heavy atom.